The second-order valence-corrected chi connectivity index (χ2v) is 3.85. The first-order valence-corrected chi connectivity index (χ1v) is 4.38. The third-order valence-corrected chi connectivity index (χ3v) is 2.50. The molecule has 0 bridgehead atoms. The van der Waals surface area contributed by atoms with Crippen LogP contribution in [0.4, 0.5) is 0 Å². The monoisotopic (exact) mass is 138 g/mol. The maximum Gasteiger partial charge on any atom is -0.0210 e. The summed E-state index contributed by atoms with van der Waals surface area (Å²) in [4.78, 5) is 0. The van der Waals surface area contributed by atoms with Gasteiger partial charge in [0.25, 0.3) is 0 Å². The van der Waals surface area contributed by atoms with Crippen LogP contribution in [0.15, 0.2) is 12.2 Å². The molecule has 10 heavy (non-hydrogen) atoms. The Kier molecular flexibility index (Phi) is 2.53. The summed E-state index contributed by atoms with van der Waals surface area (Å²) in [5.41, 5.74) is 0. The van der Waals surface area contributed by atoms with Gasteiger partial charge in [0.15, 0.2) is 0 Å². The van der Waals surface area contributed by atoms with E-state index in [9.17, 15) is 0 Å². The van der Waals surface area contributed by atoms with Gasteiger partial charge in [-0.05, 0) is 30.6 Å². The van der Waals surface area contributed by atoms with Crippen LogP contribution < -0.4 is 0 Å². The molecular weight excluding hydrogens is 120 g/mol. The fourth-order valence-corrected chi connectivity index (χ4v) is 1.54. The minimum atomic E-state index is 0.829. The van der Waals surface area contributed by atoms with E-state index in [2.05, 4.69) is 32.9 Å². The highest BCUT2D eigenvalue weighted by molar-refractivity contribution is 4.97. The molecule has 0 aliphatic heterocycles. The molecule has 1 aliphatic carbocycles. The van der Waals surface area contributed by atoms with Gasteiger partial charge in [-0.15, -0.1) is 0 Å². The molecule has 58 valence electrons. The van der Waals surface area contributed by atoms with Gasteiger partial charge in [-0.1, -0.05) is 32.9 Å². The highest BCUT2D eigenvalue weighted by atomic mass is 14.2. The largest absolute Gasteiger partial charge is 0.0854 e. The first-order chi connectivity index (χ1) is 4.70. The van der Waals surface area contributed by atoms with E-state index >= 15 is 0 Å². The smallest absolute Gasteiger partial charge is 0.0210 e. The van der Waals surface area contributed by atoms with Crippen molar-refractivity contribution in [1.29, 1.82) is 0 Å². The average Bonchev–Trinajstić information content (AvgIpc) is 1.88. The van der Waals surface area contributed by atoms with Crippen LogP contribution in [0, 0.1) is 17.8 Å². The highest BCUT2D eigenvalue weighted by Crippen LogP contribution is 2.26. The molecule has 0 saturated heterocycles. The van der Waals surface area contributed by atoms with E-state index in [0.717, 1.165) is 17.8 Å². The third kappa shape index (κ3) is 1.86. The third-order valence-electron chi connectivity index (χ3n) is 2.50. The summed E-state index contributed by atoms with van der Waals surface area (Å²) in [5, 5.41) is 0. The first kappa shape index (κ1) is 7.84. The average molecular weight is 138 g/mol. The van der Waals surface area contributed by atoms with E-state index in [0.29, 0.717) is 0 Å². The van der Waals surface area contributed by atoms with E-state index in [1.165, 1.54) is 12.8 Å². The maximum absolute atomic E-state index is 2.40. The second-order valence-electron chi connectivity index (χ2n) is 3.85. The van der Waals surface area contributed by atoms with Gasteiger partial charge in [-0.25, -0.2) is 0 Å². The fourth-order valence-electron chi connectivity index (χ4n) is 1.54. The SMILES string of the molecule is CC(C)[C@@H]1C=C[C@@H](C)CC1. The molecule has 0 heterocycles. The molecule has 0 N–H and O–H groups in total. The highest BCUT2D eigenvalue weighted by Gasteiger charge is 2.14. The summed E-state index contributed by atoms with van der Waals surface area (Å²) in [6.45, 7) is 6.92. The van der Waals surface area contributed by atoms with Crippen molar-refractivity contribution < 1.29 is 0 Å². The van der Waals surface area contributed by atoms with Gasteiger partial charge in [0.2, 0.25) is 0 Å². The molecule has 0 saturated carbocycles. The standard InChI is InChI=1S/C10H18/c1-8(2)10-6-4-9(3)5-7-10/h4,6,8-10H,5,7H2,1-3H3/t9-,10-/m1/s1. The zero-order chi connectivity index (χ0) is 7.56. The van der Waals surface area contributed by atoms with Gasteiger partial charge in [0.1, 0.15) is 0 Å². The zero-order valence-corrected chi connectivity index (χ0v) is 7.30. The van der Waals surface area contributed by atoms with E-state index in [4.69, 9.17) is 0 Å². The van der Waals surface area contributed by atoms with Gasteiger partial charge >= 0.3 is 0 Å². The van der Waals surface area contributed by atoms with Crippen molar-refractivity contribution in [2.24, 2.45) is 17.8 Å². The minimum absolute atomic E-state index is 0.829. The first-order valence-electron chi connectivity index (χ1n) is 4.38. The lowest BCUT2D eigenvalue weighted by atomic mass is 9.83. The fraction of sp³-hybridized carbons (Fsp3) is 0.800. The van der Waals surface area contributed by atoms with Crippen LogP contribution in [0.1, 0.15) is 33.6 Å². The van der Waals surface area contributed by atoms with Crippen LogP contribution in [0.2, 0.25) is 0 Å². The van der Waals surface area contributed by atoms with Gasteiger partial charge in [-0.2, -0.15) is 0 Å². The summed E-state index contributed by atoms with van der Waals surface area (Å²) < 4.78 is 0. The summed E-state index contributed by atoms with van der Waals surface area (Å²) in [6, 6.07) is 0. The molecule has 0 radical (unpaired) electrons. The van der Waals surface area contributed by atoms with Crippen molar-refractivity contribution in [3.8, 4) is 0 Å². The maximum atomic E-state index is 2.40. The Morgan fingerprint density at radius 3 is 2.30 bits per heavy atom. The van der Waals surface area contributed by atoms with Crippen LogP contribution in [0.25, 0.3) is 0 Å². The van der Waals surface area contributed by atoms with Crippen LogP contribution in [-0.4, -0.2) is 0 Å². The molecule has 0 fully saturated rings. The lowest BCUT2D eigenvalue weighted by Gasteiger charge is -2.22. The van der Waals surface area contributed by atoms with Gasteiger partial charge in [0, 0.05) is 0 Å². The van der Waals surface area contributed by atoms with Crippen molar-refractivity contribution in [2.75, 3.05) is 0 Å². The summed E-state index contributed by atoms with van der Waals surface area (Å²) in [5.74, 6) is 2.52. The molecule has 0 unspecified atom stereocenters. The van der Waals surface area contributed by atoms with Gasteiger partial charge < -0.3 is 0 Å². The van der Waals surface area contributed by atoms with Crippen molar-refractivity contribution in [3.05, 3.63) is 12.2 Å². The van der Waals surface area contributed by atoms with Crippen molar-refractivity contribution in [2.45, 2.75) is 33.6 Å². The van der Waals surface area contributed by atoms with Crippen LogP contribution in [0.5, 0.6) is 0 Å². The molecule has 0 heteroatoms. The normalized spacial score (nSPS) is 33.2. The predicted molar refractivity (Wildman–Crippen MR) is 45.9 cm³/mol. The molecule has 0 aromatic heterocycles. The molecule has 0 spiro atoms. The zero-order valence-electron chi connectivity index (χ0n) is 7.30. The van der Waals surface area contributed by atoms with E-state index in [1.807, 2.05) is 0 Å². The second kappa shape index (κ2) is 3.23. The number of allylic oxidation sites excluding steroid dienone is 2. The summed E-state index contributed by atoms with van der Waals surface area (Å²) in [7, 11) is 0. The number of rotatable bonds is 1. The topological polar surface area (TPSA) is 0 Å². The Morgan fingerprint density at radius 2 is 1.90 bits per heavy atom. The van der Waals surface area contributed by atoms with E-state index in [-0.39, 0.29) is 0 Å². The molecule has 0 nitrogen and oxygen atoms in total. The van der Waals surface area contributed by atoms with Gasteiger partial charge in [0.05, 0.1) is 0 Å². The molecule has 0 aromatic carbocycles. The van der Waals surface area contributed by atoms with Crippen molar-refractivity contribution >= 4 is 0 Å². The summed E-state index contributed by atoms with van der Waals surface area (Å²) >= 11 is 0. The van der Waals surface area contributed by atoms with E-state index in [1.54, 1.807) is 0 Å². The van der Waals surface area contributed by atoms with Crippen LogP contribution >= 0.6 is 0 Å². The summed E-state index contributed by atoms with van der Waals surface area (Å²) in [6.07, 6.45) is 7.56. The van der Waals surface area contributed by atoms with Crippen molar-refractivity contribution in [1.82, 2.24) is 0 Å². The molecule has 0 amide bonds. The minimum Gasteiger partial charge on any atom is -0.0854 e. The van der Waals surface area contributed by atoms with Gasteiger partial charge in [-0.3, -0.25) is 0 Å². The Bertz CT molecular complexity index is 122. The Labute approximate surface area is 64.3 Å². The Hall–Kier alpha value is -0.260. The number of hydrogen-bond acceptors (Lipinski definition) is 0. The molecule has 1 aliphatic rings. The van der Waals surface area contributed by atoms with Crippen molar-refractivity contribution in [3.63, 3.8) is 0 Å². The number of hydrogen-bond donors (Lipinski definition) is 0. The van der Waals surface area contributed by atoms with Crippen LogP contribution in [-0.2, 0) is 0 Å². The quantitative estimate of drug-likeness (QED) is 0.488. The van der Waals surface area contributed by atoms with E-state index < -0.39 is 0 Å². The predicted octanol–water partition coefficient (Wildman–Crippen LogP) is 3.24. The Balaban J connectivity index is 2.45. The van der Waals surface area contributed by atoms with Crippen LogP contribution in [0.3, 0.4) is 0 Å². The molecular formula is C10H18. The molecule has 1 rings (SSSR count). The lowest BCUT2D eigenvalue weighted by Crippen LogP contribution is -2.11. The molecule has 2 atom stereocenters. The lowest BCUT2D eigenvalue weighted by molar-refractivity contribution is 0.383. The Morgan fingerprint density at radius 1 is 1.20 bits per heavy atom. The molecule has 0 aromatic rings.